The molecule has 1 amide bonds. The molecular weight excluding hydrogens is 489 g/mol. The van der Waals surface area contributed by atoms with Crippen LogP contribution in [0.2, 0.25) is 0 Å². The summed E-state index contributed by atoms with van der Waals surface area (Å²) in [5.41, 5.74) is -0.439. The van der Waals surface area contributed by atoms with Gasteiger partial charge >= 0.3 is 5.69 Å². The monoisotopic (exact) mass is 523 g/mol. The molecule has 2 aliphatic heterocycles. The van der Waals surface area contributed by atoms with Crippen molar-refractivity contribution in [2.24, 2.45) is 0 Å². The van der Waals surface area contributed by atoms with Crippen molar-refractivity contribution in [3.63, 3.8) is 0 Å². The third kappa shape index (κ3) is 5.64. The van der Waals surface area contributed by atoms with Gasteiger partial charge in [-0.05, 0) is 45.1 Å². The molecule has 3 heterocycles. The Morgan fingerprint density at radius 3 is 2.61 bits per heavy atom. The van der Waals surface area contributed by atoms with E-state index in [1.165, 1.54) is 16.6 Å². The molecule has 1 aromatic carbocycles. The standard InChI is InChI=1S/C24H34FN5O5S/c1-4-7-16(2)35-21-15-20(30-24(32)29-11-6-5-8-22(29)27-30)19(25)14-18(21)23(31)26-17-9-12-28(13-10-17)36(3,33)34/h14-17H,4-13H2,1-3H3,(H,26,31)/t16-/m0/s1. The minimum absolute atomic E-state index is 0.0294. The lowest BCUT2D eigenvalue weighted by molar-refractivity contribution is 0.0916. The summed E-state index contributed by atoms with van der Waals surface area (Å²) in [5.74, 6) is -0.459. The van der Waals surface area contributed by atoms with Crippen molar-refractivity contribution in [3.8, 4) is 11.4 Å². The number of aromatic nitrogens is 3. The van der Waals surface area contributed by atoms with E-state index in [4.69, 9.17) is 4.74 Å². The molecule has 198 valence electrons. The summed E-state index contributed by atoms with van der Waals surface area (Å²) < 4.78 is 48.9. The molecule has 1 aromatic heterocycles. The van der Waals surface area contributed by atoms with Crippen LogP contribution in [0, 0.1) is 5.82 Å². The van der Waals surface area contributed by atoms with Crippen LogP contribution in [0.25, 0.3) is 5.69 Å². The van der Waals surface area contributed by atoms with Gasteiger partial charge in [0.05, 0.1) is 17.9 Å². The van der Waals surface area contributed by atoms with E-state index in [0.29, 0.717) is 44.7 Å². The molecule has 1 atom stereocenters. The first-order valence-corrected chi connectivity index (χ1v) is 14.4. The van der Waals surface area contributed by atoms with Crippen LogP contribution in [-0.4, -0.2) is 64.5 Å². The van der Waals surface area contributed by atoms with Gasteiger partial charge in [-0.1, -0.05) is 13.3 Å². The third-order valence-corrected chi connectivity index (χ3v) is 8.08. The number of fused-ring (bicyclic) bond motifs is 1. The van der Waals surface area contributed by atoms with Crippen LogP contribution in [0.1, 0.15) is 68.6 Å². The topological polar surface area (TPSA) is 116 Å². The van der Waals surface area contributed by atoms with Crippen molar-refractivity contribution >= 4 is 15.9 Å². The zero-order valence-electron chi connectivity index (χ0n) is 21.0. The molecule has 2 aromatic rings. The van der Waals surface area contributed by atoms with E-state index in [2.05, 4.69) is 10.4 Å². The highest BCUT2D eigenvalue weighted by atomic mass is 32.2. The van der Waals surface area contributed by atoms with Gasteiger partial charge in [0.1, 0.15) is 23.1 Å². The summed E-state index contributed by atoms with van der Waals surface area (Å²) >= 11 is 0. The molecule has 1 fully saturated rings. The molecule has 10 nitrogen and oxygen atoms in total. The Morgan fingerprint density at radius 2 is 1.97 bits per heavy atom. The molecule has 0 unspecified atom stereocenters. The summed E-state index contributed by atoms with van der Waals surface area (Å²) in [7, 11) is -3.28. The minimum Gasteiger partial charge on any atom is -0.490 e. The Bertz CT molecular complexity index is 1280. The first kappa shape index (κ1) is 26.3. The first-order chi connectivity index (χ1) is 17.1. The number of sulfonamides is 1. The number of benzene rings is 1. The molecule has 2 aliphatic rings. The van der Waals surface area contributed by atoms with Gasteiger partial charge < -0.3 is 10.1 Å². The second kappa shape index (κ2) is 10.7. The van der Waals surface area contributed by atoms with Crippen molar-refractivity contribution in [3.05, 3.63) is 39.8 Å². The Hall–Kier alpha value is -2.73. The van der Waals surface area contributed by atoms with E-state index in [-0.39, 0.29) is 29.1 Å². The van der Waals surface area contributed by atoms with Crippen LogP contribution in [-0.2, 0) is 23.0 Å². The lowest BCUT2D eigenvalue weighted by atomic mass is 10.1. The molecule has 1 saturated heterocycles. The predicted molar refractivity (Wildman–Crippen MR) is 133 cm³/mol. The highest BCUT2D eigenvalue weighted by Crippen LogP contribution is 2.28. The first-order valence-electron chi connectivity index (χ1n) is 12.5. The van der Waals surface area contributed by atoms with Gasteiger partial charge in [-0.15, -0.1) is 5.10 Å². The number of hydrogen-bond donors (Lipinski definition) is 1. The molecule has 0 radical (unpaired) electrons. The van der Waals surface area contributed by atoms with Gasteiger partial charge in [0.25, 0.3) is 5.91 Å². The van der Waals surface area contributed by atoms with E-state index < -0.39 is 27.4 Å². The highest BCUT2D eigenvalue weighted by molar-refractivity contribution is 7.88. The SMILES string of the molecule is CCC[C@H](C)Oc1cc(-n2nc3n(c2=O)CCCC3)c(F)cc1C(=O)NC1CCN(S(C)(=O)=O)CC1. The number of carbonyl (C=O) groups is 1. The average molecular weight is 524 g/mol. The van der Waals surface area contributed by atoms with Gasteiger partial charge in [0, 0.05) is 38.2 Å². The van der Waals surface area contributed by atoms with Crippen LogP contribution >= 0.6 is 0 Å². The molecule has 4 rings (SSSR count). The van der Waals surface area contributed by atoms with Gasteiger partial charge in [-0.25, -0.2) is 21.9 Å². The zero-order valence-corrected chi connectivity index (χ0v) is 21.8. The largest absolute Gasteiger partial charge is 0.490 e. The smallest absolute Gasteiger partial charge is 0.350 e. The number of carbonyl (C=O) groups excluding carboxylic acids is 1. The quantitative estimate of drug-likeness (QED) is 0.567. The number of halogens is 1. The summed E-state index contributed by atoms with van der Waals surface area (Å²) in [6, 6.07) is 2.22. The molecular formula is C24H34FN5O5S. The fraction of sp³-hybridized carbons (Fsp3) is 0.625. The second-order valence-electron chi connectivity index (χ2n) is 9.65. The van der Waals surface area contributed by atoms with Crippen molar-refractivity contribution in [2.45, 2.75) is 77.5 Å². The Kier molecular flexibility index (Phi) is 7.84. The van der Waals surface area contributed by atoms with E-state index in [9.17, 15) is 18.0 Å². The molecule has 0 spiro atoms. The van der Waals surface area contributed by atoms with Crippen molar-refractivity contribution < 1.29 is 22.3 Å². The van der Waals surface area contributed by atoms with Crippen LogP contribution in [0.3, 0.4) is 0 Å². The predicted octanol–water partition coefficient (Wildman–Crippen LogP) is 2.23. The lowest BCUT2D eigenvalue weighted by Crippen LogP contribution is -2.46. The average Bonchev–Trinajstić information content (AvgIpc) is 3.16. The summed E-state index contributed by atoms with van der Waals surface area (Å²) in [5, 5.41) is 7.25. The summed E-state index contributed by atoms with van der Waals surface area (Å²) in [6.07, 6.45) is 5.88. The van der Waals surface area contributed by atoms with E-state index in [1.54, 1.807) is 4.57 Å². The third-order valence-electron chi connectivity index (χ3n) is 6.77. The molecule has 0 saturated carbocycles. The number of nitrogens with zero attached hydrogens (tertiary/aromatic N) is 4. The van der Waals surface area contributed by atoms with Gasteiger partial charge in [-0.2, -0.15) is 4.68 Å². The molecule has 36 heavy (non-hydrogen) atoms. The minimum atomic E-state index is -3.28. The number of amides is 1. The van der Waals surface area contributed by atoms with Crippen LogP contribution in [0.15, 0.2) is 16.9 Å². The molecule has 1 N–H and O–H groups in total. The fourth-order valence-corrected chi connectivity index (χ4v) is 5.69. The van der Waals surface area contributed by atoms with E-state index in [1.807, 2.05) is 13.8 Å². The summed E-state index contributed by atoms with van der Waals surface area (Å²) in [4.78, 5) is 26.1. The maximum Gasteiger partial charge on any atom is 0.350 e. The van der Waals surface area contributed by atoms with Crippen molar-refractivity contribution in [1.29, 1.82) is 0 Å². The van der Waals surface area contributed by atoms with Crippen molar-refractivity contribution in [1.82, 2.24) is 24.0 Å². The maximum atomic E-state index is 15.3. The second-order valence-corrected chi connectivity index (χ2v) is 11.6. The number of rotatable bonds is 8. The number of nitrogens with one attached hydrogen (secondary N) is 1. The Labute approximate surface area is 210 Å². The van der Waals surface area contributed by atoms with E-state index >= 15 is 4.39 Å². The molecule has 12 heteroatoms. The van der Waals surface area contributed by atoms with Crippen LogP contribution in [0.4, 0.5) is 4.39 Å². The highest BCUT2D eigenvalue weighted by Gasteiger charge is 2.28. The molecule has 0 bridgehead atoms. The Morgan fingerprint density at radius 1 is 1.25 bits per heavy atom. The maximum absolute atomic E-state index is 15.3. The van der Waals surface area contributed by atoms with Gasteiger partial charge in [0.2, 0.25) is 10.0 Å². The molecule has 0 aliphatic carbocycles. The number of piperidine rings is 1. The number of hydrogen-bond acceptors (Lipinski definition) is 6. The zero-order chi connectivity index (χ0) is 26.0. The number of ether oxygens (including phenoxy) is 1. The Balaban J connectivity index is 1.63. The number of aryl methyl sites for hydroxylation is 1. The lowest BCUT2D eigenvalue weighted by Gasteiger charge is -2.30. The van der Waals surface area contributed by atoms with Gasteiger partial charge in [0.15, 0.2) is 0 Å². The van der Waals surface area contributed by atoms with Crippen molar-refractivity contribution in [2.75, 3.05) is 19.3 Å². The fourth-order valence-electron chi connectivity index (χ4n) is 4.81. The normalized spacial score (nSPS) is 18.0. The summed E-state index contributed by atoms with van der Waals surface area (Å²) in [6.45, 7) is 5.05. The van der Waals surface area contributed by atoms with Gasteiger partial charge in [-0.3, -0.25) is 9.36 Å². The van der Waals surface area contributed by atoms with Crippen LogP contribution in [0.5, 0.6) is 5.75 Å². The van der Waals surface area contributed by atoms with Crippen LogP contribution < -0.4 is 15.7 Å². The van der Waals surface area contributed by atoms with E-state index in [0.717, 1.165) is 36.4 Å².